The van der Waals surface area contributed by atoms with Crippen LogP contribution in [-0.4, -0.2) is 12.6 Å². The first-order chi connectivity index (χ1) is 10.3. The van der Waals surface area contributed by atoms with E-state index < -0.39 is 0 Å². The van der Waals surface area contributed by atoms with Gasteiger partial charge in [-0.25, -0.2) is 0 Å². The van der Waals surface area contributed by atoms with Crippen molar-refractivity contribution in [2.45, 2.75) is 24.9 Å². The van der Waals surface area contributed by atoms with Gasteiger partial charge in [-0.05, 0) is 47.0 Å². The van der Waals surface area contributed by atoms with Crippen molar-refractivity contribution in [3.63, 3.8) is 0 Å². The molecule has 2 atom stereocenters. The third-order valence-electron chi connectivity index (χ3n) is 4.37. The van der Waals surface area contributed by atoms with Gasteiger partial charge in [-0.2, -0.15) is 0 Å². The molecule has 2 aromatic rings. The van der Waals surface area contributed by atoms with E-state index in [1.807, 2.05) is 24.3 Å². The molecule has 21 heavy (non-hydrogen) atoms. The molecule has 0 spiro atoms. The van der Waals surface area contributed by atoms with Crippen molar-refractivity contribution < 1.29 is 4.74 Å². The largest absolute Gasteiger partial charge is 0.455 e. The van der Waals surface area contributed by atoms with E-state index in [0.717, 1.165) is 41.0 Å². The summed E-state index contributed by atoms with van der Waals surface area (Å²) < 4.78 is 7.26. The number of para-hydroxylation sites is 2. The number of anilines is 1. The predicted octanol–water partition coefficient (Wildman–Crippen LogP) is 4.22. The van der Waals surface area contributed by atoms with Gasteiger partial charge in [0.15, 0.2) is 5.75 Å². The van der Waals surface area contributed by atoms with E-state index in [-0.39, 0.29) is 12.1 Å². The quantitative estimate of drug-likeness (QED) is 0.777. The number of ether oxygens (including phenoxy) is 1. The van der Waals surface area contributed by atoms with E-state index in [1.165, 1.54) is 5.56 Å². The van der Waals surface area contributed by atoms with Crippen LogP contribution in [-0.2, 0) is 0 Å². The summed E-state index contributed by atoms with van der Waals surface area (Å²) in [6.07, 6.45) is 2.16. The van der Waals surface area contributed by atoms with Gasteiger partial charge >= 0.3 is 0 Å². The minimum atomic E-state index is 0.126. The highest BCUT2D eigenvalue weighted by Crippen LogP contribution is 2.49. The van der Waals surface area contributed by atoms with Crippen LogP contribution in [0.5, 0.6) is 11.5 Å². The molecule has 2 aliphatic rings. The number of fused-ring (bicyclic) bond motifs is 5. The van der Waals surface area contributed by atoms with E-state index in [9.17, 15) is 0 Å². The number of benzene rings is 2. The summed E-state index contributed by atoms with van der Waals surface area (Å²) in [5.74, 6) is 1.81. The summed E-state index contributed by atoms with van der Waals surface area (Å²) in [4.78, 5) is 2.40. The zero-order valence-electron chi connectivity index (χ0n) is 11.6. The van der Waals surface area contributed by atoms with E-state index in [1.54, 1.807) is 0 Å². The minimum absolute atomic E-state index is 0.126. The lowest BCUT2D eigenvalue weighted by atomic mass is 9.90. The van der Waals surface area contributed by atoms with Crippen LogP contribution in [0.2, 0.25) is 0 Å². The van der Waals surface area contributed by atoms with Gasteiger partial charge in [0.2, 0.25) is 0 Å². The Morgan fingerprint density at radius 2 is 1.90 bits per heavy atom. The molecule has 0 radical (unpaired) electrons. The van der Waals surface area contributed by atoms with Crippen LogP contribution in [0.15, 0.2) is 46.9 Å². The van der Waals surface area contributed by atoms with Gasteiger partial charge < -0.3 is 15.4 Å². The van der Waals surface area contributed by atoms with Crippen molar-refractivity contribution in [3.8, 4) is 11.5 Å². The molecule has 2 heterocycles. The monoisotopic (exact) mass is 344 g/mol. The van der Waals surface area contributed by atoms with Crippen LogP contribution in [0.25, 0.3) is 0 Å². The lowest BCUT2D eigenvalue weighted by molar-refractivity contribution is 0.408. The molecule has 2 aromatic carbocycles. The number of nitrogens with zero attached hydrogens (tertiary/aromatic N) is 1. The van der Waals surface area contributed by atoms with E-state index >= 15 is 0 Å². The van der Waals surface area contributed by atoms with Gasteiger partial charge in [0, 0.05) is 22.6 Å². The second-order valence-corrected chi connectivity index (χ2v) is 6.53. The van der Waals surface area contributed by atoms with Crippen LogP contribution in [0.3, 0.4) is 0 Å². The first kappa shape index (κ1) is 13.2. The molecule has 0 aliphatic carbocycles. The van der Waals surface area contributed by atoms with Crippen molar-refractivity contribution >= 4 is 21.6 Å². The van der Waals surface area contributed by atoms with Crippen LogP contribution in [0.1, 0.15) is 24.4 Å². The van der Waals surface area contributed by atoms with Crippen molar-refractivity contribution in [3.05, 3.63) is 52.5 Å². The standard InChI is InChI=1S/C17H17BrN2O/c18-12-6-3-9-15-17(12)20-10-4-7-13(19)16(20)11-5-1-2-8-14(11)21-15/h1-3,5-6,8-9,13,16H,4,7,10,19H2. The maximum atomic E-state index is 6.47. The van der Waals surface area contributed by atoms with E-state index in [4.69, 9.17) is 10.5 Å². The minimum Gasteiger partial charge on any atom is -0.455 e. The molecule has 2 aliphatic heterocycles. The summed E-state index contributed by atoms with van der Waals surface area (Å²) in [5, 5.41) is 0. The first-order valence-corrected chi connectivity index (χ1v) is 8.12. The molecule has 4 heteroatoms. The molecular formula is C17H17BrN2O. The smallest absolute Gasteiger partial charge is 0.151 e. The first-order valence-electron chi connectivity index (χ1n) is 7.33. The Labute approximate surface area is 132 Å². The molecule has 1 saturated heterocycles. The summed E-state index contributed by atoms with van der Waals surface area (Å²) in [6.45, 7) is 1.01. The lowest BCUT2D eigenvalue weighted by Gasteiger charge is -2.41. The Bertz CT molecular complexity index is 688. The van der Waals surface area contributed by atoms with Crippen LogP contribution >= 0.6 is 15.9 Å². The number of halogens is 1. The predicted molar refractivity (Wildman–Crippen MR) is 88.0 cm³/mol. The molecule has 4 rings (SSSR count). The fourth-order valence-corrected chi connectivity index (χ4v) is 4.04. The molecule has 0 amide bonds. The average Bonchev–Trinajstić information content (AvgIpc) is 2.63. The Morgan fingerprint density at radius 3 is 2.81 bits per heavy atom. The zero-order valence-corrected chi connectivity index (χ0v) is 13.2. The second kappa shape index (κ2) is 5.04. The molecule has 2 N–H and O–H groups in total. The van der Waals surface area contributed by atoms with Crippen molar-refractivity contribution in [2.75, 3.05) is 11.4 Å². The van der Waals surface area contributed by atoms with Crippen molar-refractivity contribution in [1.29, 1.82) is 0 Å². The zero-order chi connectivity index (χ0) is 14.4. The maximum absolute atomic E-state index is 6.47. The van der Waals surface area contributed by atoms with Gasteiger partial charge in [0.1, 0.15) is 5.75 Å². The van der Waals surface area contributed by atoms with Gasteiger partial charge in [0.25, 0.3) is 0 Å². The molecule has 2 unspecified atom stereocenters. The highest BCUT2D eigenvalue weighted by Gasteiger charge is 2.36. The Morgan fingerprint density at radius 1 is 1.10 bits per heavy atom. The number of hydrogen-bond donors (Lipinski definition) is 1. The number of rotatable bonds is 0. The molecule has 0 aromatic heterocycles. The van der Waals surface area contributed by atoms with Crippen LogP contribution in [0.4, 0.5) is 5.69 Å². The highest BCUT2D eigenvalue weighted by molar-refractivity contribution is 9.10. The molecule has 0 bridgehead atoms. The van der Waals surface area contributed by atoms with E-state index in [2.05, 4.69) is 39.0 Å². The molecular weight excluding hydrogens is 328 g/mol. The average molecular weight is 345 g/mol. The number of hydrogen-bond acceptors (Lipinski definition) is 3. The second-order valence-electron chi connectivity index (χ2n) is 5.67. The van der Waals surface area contributed by atoms with Crippen LogP contribution < -0.4 is 15.4 Å². The van der Waals surface area contributed by atoms with Gasteiger partial charge in [0.05, 0.1) is 11.7 Å². The molecule has 3 nitrogen and oxygen atoms in total. The molecule has 108 valence electrons. The summed E-state index contributed by atoms with van der Waals surface area (Å²) in [7, 11) is 0. The number of piperidine rings is 1. The van der Waals surface area contributed by atoms with Gasteiger partial charge in [-0.3, -0.25) is 0 Å². The number of nitrogens with two attached hydrogens (primary N) is 1. The normalized spacial score (nSPS) is 23.4. The topological polar surface area (TPSA) is 38.5 Å². The summed E-state index contributed by atoms with van der Waals surface area (Å²) in [6, 6.07) is 14.7. The lowest BCUT2D eigenvalue weighted by Crippen LogP contribution is -2.45. The molecule has 0 saturated carbocycles. The Balaban J connectivity index is 1.97. The molecule has 1 fully saturated rings. The van der Waals surface area contributed by atoms with E-state index in [0.29, 0.717) is 0 Å². The van der Waals surface area contributed by atoms with Crippen molar-refractivity contribution in [2.24, 2.45) is 5.73 Å². The summed E-state index contributed by atoms with van der Waals surface area (Å²) >= 11 is 3.68. The SMILES string of the molecule is NC1CCCN2c3c(Br)cccc3Oc3ccccc3C12. The van der Waals surface area contributed by atoms with Crippen LogP contribution in [0, 0.1) is 0 Å². The fraction of sp³-hybridized carbons (Fsp3) is 0.294. The van der Waals surface area contributed by atoms with Gasteiger partial charge in [-0.1, -0.05) is 24.3 Å². The third-order valence-corrected chi connectivity index (χ3v) is 5.01. The summed E-state index contributed by atoms with van der Waals surface area (Å²) in [5.41, 5.74) is 8.78. The fourth-order valence-electron chi connectivity index (χ4n) is 3.47. The Kier molecular flexibility index (Phi) is 3.16. The third kappa shape index (κ3) is 2.05. The maximum Gasteiger partial charge on any atom is 0.151 e. The Hall–Kier alpha value is -1.52. The van der Waals surface area contributed by atoms with Crippen molar-refractivity contribution in [1.82, 2.24) is 0 Å². The highest BCUT2D eigenvalue weighted by atomic mass is 79.9. The van der Waals surface area contributed by atoms with Gasteiger partial charge in [-0.15, -0.1) is 0 Å².